The van der Waals surface area contributed by atoms with Gasteiger partial charge in [-0.3, -0.25) is 10.1 Å². The highest BCUT2D eigenvalue weighted by Gasteiger charge is 2.13. The van der Waals surface area contributed by atoms with Gasteiger partial charge in [-0.05, 0) is 35.4 Å². The summed E-state index contributed by atoms with van der Waals surface area (Å²) in [6.45, 7) is 4.33. The van der Waals surface area contributed by atoms with Gasteiger partial charge in [0, 0.05) is 10.1 Å². The fourth-order valence-corrected chi connectivity index (χ4v) is 3.69. The second kappa shape index (κ2) is 10.2. The molecule has 30 heavy (non-hydrogen) atoms. The topological polar surface area (TPSA) is 86.5 Å². The second-order valence-corrected chi connectivity index (χ2v) is 8.55. The zero-order valence-corrected chi connectivity index (χ0v) is 18.3. The zero-order chi connectivity index (χ0) is 21.5. The number of hydrogen-bond acceptors (Lipinski definition) is 7. The number of ether oxygens (including phenoxy) is 2. The molecule has 1 amide bonds. The van der Waals surface area contributed by atoms with Gasteiger partial charge in [-0.15, -0.1) is 16.9 Å². The van der Waals surface area contributed by atoms with Gasteiger partial charge in [-0.25, -0.2) is 0 Å². The lowest BCUT2D eigenvalue weighted by molar-refractivity contribution is -0.115. The molecule has 0 unspecified atom stereocenters. The maximum absolute atomic E-state index is 12.3. The van der Waals surface area contributed by atoms with Crippen LogP contribution in [0.25, 0.3) is 0 Å². The van der Waals surface area contributed by atoms with Gasteiger partial charge >= 0.3 is 6.01 Å². The molecule has 0 atom stereocenters. The van der Waals surface area contributed by atoms with E-state index in [1.807, 2.05) is 23.9 Å². The summed E-state index contributed by atoms with van der Waals surface area (Å²) in [7, 11) is 3.12. The third kappa shape index (κ3) is 6.00. The molecule has 3 rings (SSSR count). The van der Waals surface area contributed by atoms with Crippen molar-refractivity contribution >= 4 is 23.7 Å². The number of carbonyl (C=O) groups is 1. The molecule has 0 spiro atoms. The highest BCUT2D eigenvalue weighted by Crippen LogP contribution is 2.28. The lowest BCUT2D eigenvalue weighted by Gasteiger charge is -2.09. The van der Waals surface area contributed by atoms with Crippen molar-refractivity contribution in [3.8, 4) is 11.5 Å². The van der Waals surface area contributed by atoms with E-state index in [0.29, 0.717) is 29.1 Å². The Morgan fingerprint density at radius 1 is 1.03 bits per heavy atom. The fraction of sp³-hybridized carbons (Fsp3) is 0.318. The third-order valence-electron chi connectivity index (χ3n) is 4.18. The molecule has 1 aromatic heterocycles. The van der Waals surface area contributed by atoms with Crippen LogP contribution < -0.4 is 14.8 Å². The maximum atomic E-state index is 12.3. The van der Waals surface area contributed by atoms with Crippen LogP contribution in [-0.4, -0.2) is 35.6 Å². The molecule has 3 aromatic rings. The molecule has 0 aliphatic carbocycles. The van der Waals surface area contributed by atoms with Gasteiger partial charge < -0.3 is 13.9 Å². The van der Waals surface area contributed by atoms with Crippen LogP contribution in [0.15, 0.2) is 51.8 Å². The molecule has 8 heteroatoms. The van der Waals surface area contributed by atoms with Crippen LogP contribution in [0.2, 0.25) is 0 Å². The first-order valence-corrected chi connectivity index (χ1v) is 10.4. The number of amides is 1. The smallest absolute Gasteiger partial charge is 0.322 e. The Morgan fingerprint density at radius 2 is 1.73 bits per heavy atom. The monoisotopic (exact) mass is 427 g/mol. The van der Waals surface area contributed by atoms with Gasteiger partial charge in [0.05, 0.1) is 27.1 Å². The SMILES string of the molecule is COc1ccc(CC(=O)Nc2nnc(Cc3ccc(SC(C)C)cc3)o2)cc1OC. The largest absolute Gasteiger partial charge is 0.493 e. The standard InChI is InChI=1S/C22H25N3O4S/c1-14(2)30-17-8-5-15(6-9-17)13-21-24-25-22(29-21)23-20(26)12-16-7-10-18(27-3)19(11-16)28-4/h5-11,14H,12-13H2,1-4H3,(H,23,25,26). The number of thioether (sulfide) groups is 1. The molecule has 158 valence electrons. The van der Waals surface area contributed by atoms with Crippen LogP contribution in [-0.2, 0) is 17.6 Å². The van der Waals surface area contributed by atoms with Gasteiger partial charge in [-0.1, -0.05) is 37.1 Å². The van der Waals surface area contributed by atoms with E-state index >= 15 is 0 Å². The van der Waals surface area contributed by atoms with Crippen molar-refractivity contribution in [1.82, 2.24) is 10.2 Å². The van der Waals surface area contributed by atoms with Gasteiger partial charge in [0.2, 0.25) is 11.8 Å². The lowest BCUT2D eigenvalue weighted by Crippen LogP contribution is -2.14. The molecule has 0 aliphatic heterocycles. The molecule has 0 fully saturated rings. The van der Waals surface area contributed by atoms with Gasteiger partial charge in [0.1, 0.15) is 0 Å². The first-order chi connectivity index (χ1) is 14.5. The van der Waals surface area contributed by atoms with E-state index in [4.69, 9.17) is 13.9 Å². The summed E-state index contributed by atoms with van der Waals surface area (Å²) >= 11 is 1.82. The molecule has 0 aliphatic rings. The minimum atomic E-state index is -0.257. The van der Waals surface area contributed by atoms with Crippen LogP contribution in [0.4, 0.5) is 6.01 Å². The van der Waals surface area contributed by atoms with E-state index in [0.717, 1.165) is 11.1 Å². The number of nitrogens with one attached hydrogen (secondary N) is 1. The van der Waals surface area contributed by atoms with E-state index in [1.54, 1.807) is 32.4 Å². The normalized spacial score (nSPS) is 10.8. The van der Waals surface area contributed by atoms with Crippen molar-refractivity contribution in [3.05, 3.63) is 59.5 Å². The Balaban J connectivity index is 1.56. The average Bonchev–Trinajstić information content (AvgIpc) is 3.15. The maximum Gasteiger partial charge on any atom is 0.322 e. The van der Waals surface area contributed by atoms with Crippen LogP contribution in [0.3, 0.4) is 0 Å². The highest BCUT2D eigenvalue weighted by molar-refractivity contribution is 7.99. The van der Waals surface area contributed by atoms with Crippen LogP contribution >= 0.6 is 11.8 Å². The van der Waals surface area contributed by atoms with Crippen LogP contribution in [0, 0.1) is 0 Å². The summed E-state index contributed by atoms with van der Waals surface area (Å²) < 4.78 is 16.0. The Kier molecular flexibility index (Phi) is 7.35. The van der Waals surface area contributed by atoms with E-state index in [-0.39, 0.29) is 18.3 Å². The number of aromatic nitrogens is 2. The molecule has 7 nitrogen and oxygen atoms in total. The third-order valence-corrected chi connectivity index (χ3v) is 5.19. The summed E-state index contributed by atoms with van der Waals surface area (Å²) in [5.74, 6) is 1.37. The Bertz CT molecular complexity index is 986. The van der Waals surface area contributed by atoms with E-state index < -0.39 is 0 Å². The second-order valence-electron chi connectivity index (χ2n) is 6.90. The van der Waals surface area contributed by atoms with Gasteiger partial charge in [0.25, 0.3) is 0 Å². The summed E-state index contributed by atoms with van der Waals surface area (Å²) in [5, 5.41) is 11.1. The number of benzene rings is 2. The number of nitrogens with zero attached hydrogens (tertiary/aromatic N) is 2. The average molecular weight is 428 g/mol. The van der Waals surface area contributed by atoms with Crippen molar-refractivity contribution in [1.29, 1.82) is 0 Å². The van der Waals surface area contributed by atoms with Crippen molar-refractivity contribution in [2.45, 2.75) is 36.8 Å². The Morgan fingerprint density at radius 3 is 2.40 bits per heavy atom. The van der Waals surface area contributed by atoms with Crippen molar-refractivity contribution in [2.24, 2.45) is 0 Å². The number of carbonyl (C=O) groups excluding carboxylic acids is 1. The Hall–Kier alpha value is -3.00. The summed E-state index contributed by atoms with van der Waals surface area (Å²) in [6, 6.07) is 13.7. The minimum absolute atomic E-state index is 0.0856. The van der Waals surface area contributed by atoms with E-state index in [2.05, 4.69) is 41.5 Å². The molecule has 0 saturated heterocycles. The molecule has 0 radical (unpaired) electrons. The summed E-state index contributed by atoms with van der Waals surface area (Å²) in [6.07, 6.45) is 0.651. The first-order valence-electron chi connectivity index (χ1n) is 9.55. The number of rotatable bonds is 9. The number of methoxy groups -OCH3 is 2. The summed E-state index contributed by atoms with van der Waals surface area (Å²) in [4.78, 5) is 13.5. The van der Waals surface area contributed by atoms with Gasteiger partial charge in [0.15, 0.2) is 11.5 Å². The zero-order valence-electron chi connectivity index (χ0n) is 17.5. The molecule has 0 saturated carbocycles. The van der Waals surface area contributed by atoms with E-state index in [9.17, 15) is 4.79 Å². The van der Waals surface area contributed by atoms with Crippen LogP contribution in [0.1, 0.15) is 30.9 Å². The van der Waals surface area contributed by atoms with Crippen molar-refractivity contribution in [2.75, 3.05) is 19.5 Å². The molecule has 1 heterocycles. The van der Waals surface area contributed by atoms with Crippen molar-refractivity contribution < 1.29 is 18.7 Å². The molecular weight excluding hydrogens is 402 g/mol. The van der Waals surface area contributed by atoms with E-state index in [1.165, 1.54) is 4.90 Å². The Labute approximate surface area is 180 Å². The fourth-order valence-electron chi connectivity index (χ4n) is 2.85. The highest BCUT2D eigenvalue weighted by atomic mass is 32.2. The molecular formula is C22H25N3O4S. The lowest BCUT2D eigenvalue weighted by atomic mass is 10.1. The first kappa shape index (κ1) is 21.7. The quantitative estimate of drug-likeness (QED) is 0.508. The number of anilines is 1. The molecule has 2 aromatic carbocycles. The minimum Gasteiger partial charge on any atom is -0.493 e. The van der Waals surface area contributed by atoms with Crippen molar-refractivity contribution in [3.63, 3.8) is 0 Å². The molecule has 0 bridgehead atoms. The predicted molar refractivity (Wildman–Crippen MR) is 116 cm³/mol. The molecule has 1 N–H and O–H groups in total. The predicted octanol–water partition coefficient (Wildman–Crippen LogP) is 4.36. The summed E-state index contributed by atoms with van der Waals surface area (Å²) in [5.41, 5.74) is 1.85. The van der Waals surface area contributed by atoms with Gasteiger partial charge in [-0.2, -0.15) is 0 Å². The number of hydrogen-bond donors (Lipinski definition) is 1. The van der Waals surface area contributed by atoms with Crippen LogP contribution in [0.5, 0.6) is 11.5 Å².